The van der Waals surface area contributed by atoms with Gasteiger partial charge in [-0.1, -0.05) is 5.10 Å². The Morgan fingerprint density at radius 1 is 1.21 bits per heavy atom. The van der Waals surface area contributed by atoms with E-state index in [4.69, 9.17) is 8.83 Å². The lowest BCUT2D eigenvalue weighted by Gasteiger charge is -1.95. The largest absolute Gasteiger partial charge is 0.459 e. The molecule has 0 saturated heterocycles. The number of anilines is 1. The van der Waals surface area contributed by atoms with E-state index in [2.05, 4.69) is 15.5 Å². The predicted molar refractivity (Wildman–Crippen MR) is 82.8 cm³/mol. The van der Waals surface area contributed by atoms with E-state index in [-0.39, 0.29) is 17.6 Å². The molecule has 0 fully saturated rings. The minimum atomic E-state index is -0.494. The third kappa shape index (κ3) is 3.53. The van der Waals surface area contributed by atoms with Crippen LogP contribution < -0.4 is 5.32 Å². The molecule has 3 aromatic rings. The number of nitro benzene ring substituents is 1. The van der Waals surface area contributed by atoms with Gasteiger partial charge in [-0.25, -0.2) is 0 Å². The van der Waals surface area contributed by atoms with Gasteiger partial charge >= 0.3 is 6.01 Å². The molecule has 1 aromatic carbocycles. The number of furan rings is 1. The molecule has 0 aliphatic heterocycles. The number of carbonyl (C=O) groups is 1. The van der Waals surface area contributed by atoms with Gasteiger partial charge in [0.1, 0.15) is 0 Å². The molecule has 2 heterocycles. The van der Waals surface area contributed by atoms with Crippen LogP contribution in [-0.4, -0.2) is 21.0 Å². The topological polar surface area (TPSA) is 124 Å². The van der Waals surface area contributed by atoms with Gasteiger partial charge in [0, 0.05) is 18.2 Å². The molecular weight excluding hydrogens is 316 g/mol. The maximum Gasteiger partial charge on any atom is 0.322 e. The summed E-state index contributed by atoms with van der Waals surface area (Å²) in [5, 5.41) is 20.4. The normalized spacial score (nSPS) is 10.8. The third-order valence-corrected chi connectivity index (χ3v) is 2.92. The van der Waals surface area contributed by atoms with Crippen LogP contribution in [0.2, 0.25) is 0 Å². The van der Waals surface area contributed by atoms with Crippen LogP contribution in [0, 0.1) is 10.1 Å². The molecule has 120 valence electrons. The van der Waals surface area contributed by atoms with E-state index < -0.39 is 10.8 Å². The van der Waals surface area contributed by atoms with Crippen molar-refractivity contribution in [3.8, 4) is 11.7 Å². The third-order valence-electron chi connectivity index (χ3n) is 2.92. The molecular formula is C15H10N4O5. The van der Waals surface area contributed by atoms with E-state index in [1.54, 1.807) is 12.1 Å². The van der Waals surface area contributed by atoms with Crippen LogP contribution in [0.4, 0.5) is 11.7 Å². The number of aromatic nitrogens is 2. The first-order valence-corrected chi connectivity index (χ1v) is 6.73. The fraction of sp³-hybridized carbons (Fsp3) is 0. The first-order valence-electron chi connectivity index (χ1n) is 6.73. The van der Waals surface area contributed by atoms with Gasteiger partial charge in [0.05, 0.1) is 11.2 Å². The molecule has 24 heavy (non-hydrogen) atoms. The van der Waals surface area contributed by atoms with Gasteiger partial charge in [-0.05, 0) is 35.9 Å². The molecule has 0 unspecified atom stereocenters. The van der Waals surface area contributed by atoms with E-state index in [1.165, 1.54) is 42.7 Å². The molecule has 1 amide bonds. The highest BCUT2D eigenvalue weighted by atomic mass is 16.6. The molecule has 0 saturated carbocycles. The summed E-state index contributed by atoms with van der Waals surface area (Å²) in [6.07, 6.45) is 4.21. The Morgan fingerprint density at radius 3 is 2.67 bits per heavy atom. The lowest BCUT2D eigenvalue weighted by atomic mass is 10.2. The summed E-state index contributed by atoms with van der Waals surface area (Å²) in [5.74, 6) is 0.0575. The summed E-state index contributed by atoms with van der Waals surface area (Å²) in [5.41, 5.74) is 0.616. The summed E-state index contributed by atoms with van der Waals surface area (Å²) in [4.78, 5) is 21.9. The Balaban J connectivity index is 1.62. The van der Waals surface area contributed by atoms with Gasteiger partial charge in [0.25, 0.3) is 17.5 Å². The number of hydrogen-bond acceptors (Lipinski definition) is 7. The van der Waals surface area contributed by atoms with Crippen LogP contribution in [0.3, 0.4) is 0 Å². The number of benzene rings is 1. The van der Waals surface area contributed by atoms with Crippen molar-refractivity contribution >= 4 is 23.7 Å². The molecule has 9 nitrogen and oxygen atoms in total. The van der Waals surface area contributed by atoms with Gasteiger partial charge in [-0.2, -0.15) is 0 Å². The second-order valence-electron chi connectivity index (χ2n) is 4.56. The van der Waals surface area contributed by atoms with E-state index in [0.29, 0.717) is 11.3 Å². The molecule has 0 aliphatic rings. The van der Waals surface area contributed by atoms with Crippen LogP contribution in [0.1, 0.15) is 5.56 Å². The smallest absolute Gasteiger partial charge is 0.322 e. The SMILES string of the molecule is O=C(/C=C/c1ccc([N+](=O)[O-])cc1)Nc1nnc(-c2ccco2)o1. The number of hydrogen-bond donors (Lipinski definition) is 1. The molecule has 0 radical (unpaired) electrons. The molecule has 3 rings (SSSR count). The fourth-order valence-corrected chi connectivity index (χ4v) is 1.80. The Hall–Kier alpha value is -3.75. The zero-order chi connectivity index (χ0) is 16.9. The number of nitrogens with zero attached hydrogens (tertiary/aromatic N) is 3. The van der Waals surface area contributed by atoms with Gasteiger partial charge < -0.3 is 8.83 Å². The highest BCUT2D eigenvalue weighted by Crippen LogP contribution is 2.19. The summed E-state index contributed by atoms with van der Waals surface area (Å²) < 4.78 is 10.3. The van der Waals surface area contributed by atoms with Gasteiger partial charge in [0.15, 0.2) is 5.76 Å². The maximum atomic E-state index is 11.8. The van der Waals surface area contributed by atoms with Crippen molar-refractivity contribution in [1.82, 2.24) is 10.2 Å². The number of amides is 1. The van der Waals surface area contributed by atoms with Gasteiger partial charge in [-0.3, -0.25) is 20.2 Å². The molecule has 0 aliphatic carbocycles. The molecule has 2 aromatic heterocycles. The number of carbonyl (C=O) groups excluding carboxylic acids is 1. The Morgan fingerprint density at radius 2 is 2.00 bits per heavy atom. The standard InChI is InChI=1S/C15H10N4O5/c20-13(8-5-10-3-6-11(7-4-10)19(21)22)16-15-18-17-14(24-15)12-2-1-9-23-12/h1-9H,(H,16,18,20)/b8-5+. The average molecular weight is 326 g/mol. The number of nitro groups is 1. The van der Waals surface area contributed by atoms with Gasteiger partial charge in [-0.15, -0.1) is 5.10 Å². The molecule has 9 heteroatoms. The van der Waals surface area contributed by atoms with Crippen molar-refractivity contribution < 1.29 is 18.6 Å². The monoisotopic (exact) mass is 326 g/mol. The lowest BCUT2D eigenvalue weighted by molar-refractivity contribution is -0.384. The molecule has 1 N–H and O–H groups in total. The van der Waals surface area contributed by atoms with E-state index in [1.807, 2.05) is 0 Å². The zero-order valence-electron chi connectivity index (χ0n) is 12.1. The van der Waals surface area contributed by atoms with Crippen molar-refractivity contribution in [2.45, 2.75) is 0 Å². The van der Waals surface area contributed by atoms with Crippen LogP contribution in [0.5, 0.6) is 0 Å². The molecule has 0 atom stereocenters. The summed E-state index contributed by atoms with van der Waals surface area (Å²) >= 11 is 0. The highest BCUT2D eigenvalue weighted by Gasteiger charge is 2.11. The number of rotatable bonds is 5. The molecule has 0 bridgehead atoms. The fourth-order valence-electron chi connectivity index (χ4n) is 1.80. The Labute approximate surface area is 134 Å². The average Bonchev–Trinajstić information content (AvgIpc) is 3.24. The van der Waals surface area contributed by atoms with Crippen molar-refractivity contribution in [1.29, 1.82) is 0 Å². The quantitative estimate of drug-likeness (QED) is 0.434. The minimum absolute atomic E-state index is 0.0204. The van der Waals surface area contributed by atoms with Crippen LogP contribution >= 0.6 is 0 Å². The minimum Gasteiger partial charge on any atom is -0.459 e. The summed E-state index contributed by atoms with van der Waals surface area (Å²) in [7, 11) is 0. The van der Waals surface area contributed by atoms with Crippen LogP contribution in [-0.2, 0) is 4.79 Å². The Kier molecular flexibility index (Phi) is 4.15. The zero-order valence-corrected chi connectivity index (χ0v) is 12.1. The number of non-ortho nitro benzene ring substituents is 1. The van der Waals surface area contributed by atoms with Crippen molar-refractivity contribution in [2.24, 2.45) is 0 Å². The maximum absolute atomic E-state index is 11.8. The first kappa shape index (κ1) is 15.2. The van der Waals surface area contributed by atoms with Crippen LogP contribution in [0.15, 0.2) is 57.6 Å². The summed E-state index contributed by atoms with van der Waals surface area (Å²) in [6.45, 7) is 0. The number of nitrogens with one attached hydrogen (secondary N) is 1. The second kappa shape index (κ2) is 6.57. The van der Waals surface area contributed by atoms with Crippen molar-refractivity contribution in [3.05, 3.63) is 64.4 Å². The Bertz CT molecular complexity index is 881. The van der Waals surface area contributed by atoms with Gasteiger partial charge in [0.2, 0.25) is 0 Å². The highest BCUT2D eigenvalue weighted by molar-refractivity contribution is 6.00. The summed E-state index contributed by atoms with van der Waals surface area (Å²) in [6, 6.07) is 9.02. The van der Waals surface area contributed by atoms with E-state index in [0.717, 1.165) is 0 Å². The second-order valence-corrected chi connectivity index (χ2v) is 4.56. The van der Waals surface area contributed by atoms with Crippen molar-refractivity contribution in [2.75, 3.05) is 5.32 Å². The first-order chi connectivity index (χ1) is 11.6. The van der Waals surface area contributed by atoms with Crippen LogP contribution in [0.25, 0.3) is 17.7 Å². The lowest BCUT2D eigenvalue weighted by Crippen LogP contribution is -2.07. The van der Waals surface area contributed by atoms with E-state index >= 15 is 0 Å². The van der Waals surface area contributed by atoms with Crippen molar-refractivity contribution in [3.63, 3.8) is 0 Å². The predicted octanol–water partition coefficient (Wildman–Crippen LogP) is 2.89. The molecule has 0 spiro atoms. The van der Waals surface area contributed by atoms with E-state index in [9.17, 15) is 14.9 Å².